The van der Waals surface area contributed by atoms with E-state index < -0.39 is 0 Å². The minimum absolute atomic E-state index is 0.0461. The molecule has 1 aliphatic heterocycles. The molecule has 1 N–H and O–H groups in total. The summed E-state index contributed by atoms with van der Waals surface area (Å²) in [5.74, 6) is 2.99. The van der Waals surface area contributed by atoms with Crippen molar-refractivity contribution in [2.75, 3.05) is 25.2 Å². The van der Waals surface area contributed by atoms with Gasteiger partial charge in [-0.15, -0.1) is 0 Å². The van der Waals surface area contributed by atoms with Crippen LogP contribution in [-0.2, 0) is 0 Å². The minimum Gasteiger partial charge on any atom is -0.496 e. The van der Waals surface area contributed by atoms with Crippen molar-refractivity contribution in [2.24, 2.45) is 0 Å². The van der Waals surface area contributed by atoms with Gasteiger partial charge in [0.1, 0.15) is 5.75 Å². The molecule has 3 nitrogen and oxygen atoms in total. The van der Waals surface area contributed by atoms with Crippen molar-refractivity contribution in [2.45, 2.75) is 19.9 Å². The Bertz CT molecular complexity index is 453. The first kappa shape index (κ1) is 13.4. The zero-order chi connectivity index (χ0) is 13.1. The average Bonchev–Trinajstić information content (AvgIpc) is 2.41. The fourth-order valence-corrected chi connectivity index (χ4v) is 3.13. The van der Waals surface area contributed by atoms with Crippen LogP contribution in [0.15, 0.2) is 12.1 Å². The van der Waals surface area contributed by atoms with Gasteiger partial charge in [0.2, 0.25) is 0 Å². The molecule has 1 aromatic carbocycles. The number of methoxy groups -OCH3 is 1. The summed E-state index contributed by atoms with van der Waals surface area (Å²) in [6.45, 7) is 4.85. The second-order valence-electron chi connectivity index (χ2n) is 4.58. The maximum atomic E-state index is 12.5. The van der Waals surface area contributed by atoms with Gasteiger partial charge < -0.3 is 10.1 Å². The molecule has 1 unspecified atom stereocenters. The number of rotatable bonds is 3. The van der Waals surface area contributed by atoms with Crippen LogP contribution in [0.4, 0.5) is 0 Å². The molecule has 1 saturated heterocycles. The summed E-state index contributed by atoms with van der Waals surface area (Å²) in [5.41, 5.74) is 2.81. The minimum atomic E-state index is -0.0461. The van der Waals surface area contributed by atoms with Crippen LogP contribution < -0.4 is 10.1 Å². The second kappa shape index (κ2) is 5.76. The summed E-state index contributed by atoms with van der Waals surface area (Å²) in [5, 5.41) is 3.29. The molecule has 0 spiro atoms. The van der Waals surface area contributed by atoms with Crippen LogP contribution in [0, 0.1) is 13.8 Å². The van der Waals surface area contributed by atoms with Crippen LogP contribution in [0.5, 0.6) is 5.75 Å². The Morgan fingerprint density at radius 1 is 1.39 bits per heavy atom. The monoisotopic (exact) mass is 265 g/mol. The molecule has 2 rings (SSSR count). The zero-order valence-electron chi connectivity index (χ0n) is 11.1. The number of carbonyl (C=O) groups excluding carboxylic acids is 1. The zero-order valence-corrected chi connectivity index (χ0v) is 11.9. The van der Waals surface area contributed by atoms with E-state index in [9.17, 15) is 4.79 Å². The van der Waals surface area contributed by atoms with Gasteiger partial charge in [-0.3, -0.25) is 4.79 Å². The number of hydrogen-bond acceptors (Lipinski definition) is 4. The van der Waals surface area contributed by atoms with Crippen molar-refractivity contribution in [1.29, 1.82) is 0 Å². The van der Waals surface area contributed by atoms with Gasteiger partial charge in [0.05, 0.1) is 13.2 Å². The lowest BCUT2D eigenvalue weighted by Gasteiger charge is -2.23. The van der Waals surface area contributed by atoms with Crippen molar-refractivity contribution < 1.29 is 9.53 Å². The van der Waals surface area contributed by atoms with E-state index in [0.717, 1.165) is 40.5 Å². The number of ketones is 1. The molecule has 0 aliphatic carbocycles. The Kier molecular flexibility index (Phi) is 4.30. The molecule has 98 valence electrons. The van der Waals surface area contributed by atoms with Crippen molar-refractivity contribution in [1.82, 2.24) is 5.32 Å². The second-order valence-corrected chi connectivity index (χ2v) is 5.73. The van der Waals surface area contributed by atoms with Crippen LogP contribution >= 0.6 is 11.8 Å². The molecular formula is C14H19NO2S. The predicted octanol–water partition coefficient (Wildman–Crippen LogP) is 2.20. The highest BCUT2D eigenvalue weighted by Gasteiger charge is 2.24. The molecule has 0 saturated carbocycles. The number of thioether (sulfide) groups is 1. The van der Waals surface area contributed by atoms with Crippen LogP contribution in [0.3, 0.4) is 0 Å². The quantitative estimate of drug-likeness (QED) is 0.850. The summed E-state index contributed by atoms with van der Waals surface area (Å²) >= 11 is 1.84. The number of nitrogens with one attached hydrogen (secondary N) is 1. The number of ether oxygens (including phenoxy) is 1. The Morgan fingerprint density at radius 2 is 2.17 bits per heavy atom. The van der Waals surface area contributed by atoms with E-state index in [0.29, 0.717) is 0 Å². The highest BCUT2D eigenvalue weighted by atomic mass is 32.2. The topological polar surface area (TPSA) is 38.3 Å². The molecule has 1 heterocycles. The number of hydrogen-bond donors (Lipinski definition) is 1. The number of benzene rings is 1. The van der Waals surface area contributed by atoms with Crippen molar-refractivity contribution in [3.8, 4) is 5.75 Å². The summed E-state index contributed by atoms with van der Waals surface area (Å²) in [6.07, 6.45) is 0. The number of carbonyl (C=O) groups is 1. The van der Waals surface area contributed by atoms with E-state index in [1.54, 1.807) is 7.11 Å². The van der Waals surface area contributed by atoms with E-state index in [-0.39, 0.29) is 11.8 Å². The van der Waals surface area contributed by atoms with Gasteiger partial charge in [-0.05, 0) is 37.1 Å². The lowest BCUT2D eigenvalue weighted by Crippen LogP contribution is -2.43. The van der Waals surface area contributed by atoms with Gasteiger partial charge in [0, 0.05) is 23.6 Å². The van der Waals surface area contributed by atoms with Crippen molar-refractivity contribution in [3.05, 3.63) is 28.8 Å². The third-order valence-corrected chi connectivity index (χ3v) is 4.31. The molecule has 1 aromatic rings. The highest BCUT2D eigenvalue weighted by Crippen LogP contribution is 2.24. The van der Waals surface area contributed by atoms with Crippen molar-refractivity contribution >= 4 is 17.5 Å². The van der Waals surface area contributed by atoms with Crippen LogP contribution in [-0.4, -0.2) is 37.0 Å². The first-order valence-electron chi connectivity index (χ1n) is 6.14. The largest absolute Gasteiger partial charge is 0.496 e. The molecule has 1 fully saturated rings. The first-order chi connectivity index (χ1) is 8.63. The van der Waals surface area contributed by atoms with Crippen molar-refractivity contribution in [3.63, 3.8) is 0 Å². The SMILES string of the molecule is COc1cc(C)c(C(=O)C2CSCCN2)cc1C. The summed E-state index contributed by atoms with van der Waals surface area (Å²) in [6, 6.07) is 3.84. The molecule has 0 radical (unpaired) electrons. The van der Waals surface area contributed by atoms with E-state index in [1.165, 1.54) is 0 Å². The first-order valence-corrected chi connectivity index (χ1v) is 7.29. The molecule has 0 aromatic heterocycles. The number of Topliss-reactive ketones (excluding diaryl/α,β-unsaturated/α-hetero) is 1. The Morgan fingerprint density at radius 3 is 2.78 bits per heavy atom. The molecule has 18 heavy (non-hydrogen) atoms. The maximum Gasteiger partial charge on any atom is 0.180 e. The third kappa shape index (κ3) is 2.70. The van der Waals surface area contributed by atoms with E-state index in [4.69, 9.17) is 4.74 Å². The molecule has 1 atom stereocenters. The lowest BCUT2D eigenvalue weighted by atomic mass is 9.97. The van der Waals surface area contributed by atoms with Gasteiger partial charge >= 0.3 is 0 Å². The Balaban J connectivity index is 2.27. The molecule has 1 aliphatic rings. The van der Waals surface area contributed by atoms with E-state index in [1.807, 2.05) is 37.7 Å². The van der Waals surface area contributed by atoms with E-state index in [2.05, 4.69) is 5.32 Å². The van der Waals surface area contributed by atoms with E-state index >= 15 is 0 Å². The molecular weight excluding hydrogens is 246 g/mol. The standard InChI is InChI=1S/C14H19NO2S/c1-9-7-13(17-3)10(2)6-11(9)14(16)12-8-18-5-4-15-12/h6-7,12,15H,4-5,8H2,1-3H3. The van der Waals surface area contributed by atoms with Gasteiger partial charge in [0.25, 0.3) is 0 Å². The fraction of sp³-hybridized carbons (Fsp3) is 0.500. The van der Waals surface area contributed by atoms with Gasteiger partial charge in [0.15, 0.2) is 5.78 Å². The molecule has 4 heteroatoms. The van der Waals surface area contributed by atoms with Gasteiger partial charge in [-0.2, -0.15) is 11.8 Å². The smallest absolute Gasteiger partial charge is 0.180 e. The Hall–Kier alpha value is -1.00. The molecule has 0 bridgehead atoms. The predicted molar refractivity (Wildman–Crippen MR) is 75.9 cm³/mol. The summed E-state index contributed by atoms with van der Waals surface area (Å²) in [7, 11) is 1.66. The lowest BCUT2D eigenvalue weighted by molar-refractivity contribution is 0.0952. The molecule has 0 amide bonds. The summed E-state index contributed by atoms with van der Waals surface area (Å²) in [4.78, 5) is 12.5. The number of aryl methyl sites for hydroxylation is 2. The summed E-state index contributed by atoms with van der Waals surface area (Å²) < 4.78 is 5.27. The van der Waals surface area contributed by atoms with Crippen LogP contribution in [0.1, 0.15) is 21.5 Å². The fourth-order valence-electron chi connectivity index (χ4n) is 2.20. The van der Waals surface area contributed by atoms with Crippen LogP contribution in [0.2, 0.25) is 0 Å². The third-order valence-electron chi connectivity index (χ3n) is 3.25. The maximum absolute atomic E-state index is 12.5. The Labute approximate surface area is 112 Å². The normalized spacial score (nSPS) is 19.6. The highest BCUT2D eigenvalue weighted by molar-refractivity contribution is 7.99. The van der Waals surface area contributed by atoms with Gasteiger partial charge in [-0.1, -0.05) is 0 Å². The average molecular weight is 265 g/mol. The van der Waals surface area contributed by atoms with Crippen LogP contribution in [0.25, 0.3) is 0 Å². The van der Waals surface area contributed by atoms with Gasteiger partial charge in [-0.25, -0.2) is 0 Å².